The average Bonchev–Trinajstić information content (AvgIpc) is 3.11. The summed E-state index contributed by atoms with van der Waals surface area (Å²) in [6, 6.07) is 6.62. The van der Waals surface area contributed by atoms with Crippen LogP contribution in [-0.4, -0.2) is 62.0 Å². The summed E-state index contributed by atoms with van der Waals surface area (Å²) in [5.41, 5.74) is 8.09. The van der Waals surface area contributed by atoms with E-state index in [-0.39, 0.29) is 29.2 Å². The third-order valence-electron chi connectivity index (χ3n) is 9.31. The number of aliphatic imine (C=N–C) groups is 2. The van der Waals surface area contributed by atoms with Gasteiger partial charge in [0.2, 0.25) is 0 Å². The Morgan fingerprint density at radius 2 is 1.84 bits per heavy atom. The van der Waals surface area contributed by atoms with E-state index in [2.05, 4.69) is 78.4 Å². The van der Waals surface area contributed by atoms with Gasteiger partial charge in [0.05, 0.1) is 0 Å². The lowest BCUT2D eigenvalue weighted by Crippen LogP contribution is -2.39. The van der Waals surface area contributed by atoms with Crippen LogP contribution >= 0.6 is 9.24 Å². The van der Waals surface area contributed by atoms with E-state index >= 15 is 0 Å². The molecule has 1 aliphatic rings. The largest absolute Gasteiger partial charge is 0.402 e. The number of allylic oxidation sites excluding steroid dienone is 1. The highest BCUT2D eigenvalue weighted by molar-refractivity contribution is 7.16. The molecule has 0 bridgehead atoms. The Hall–Kier alpha value is -3.07. The van der Waals surface area contributed by atoms with Crippen molar-refractivity contribution in [3.05, 3.63) is 77.4 Å². The molecule has 0 spiro atoms. The molecule has 7 nitrogen and oxygen atoms in total. The van der Waals surface area contributed by atoms with E-state index in [0.717, 1.165) is 37.6 Å². The summed E-state index contributed by atoms with van der Waals surface area (Å²) in [4.78, 5) is 15.0. The highest BCUT2D eigenvalue weighted by atomic mass is 31.0. The van der Waals surface area contributed by atoms with Gasteiger partial charge < -0.3 is 21.3 Å². The molecule has 1 aliphatic heterocycles. The summed E-state index contributed by atoms with van der Waals surface area (Å²) < 4.78 is 39.7. The molecule has 3 rings (SSSR count). The molecule has 0 radical (unpaired) electrons. The summed E-state index contributed by atoms with van der Waals surface area (Å²) in [6.07, 6.45) is 11.2. The van der Waals surface area contributed by atoms with Crippen molar-refractivity contribution in [2.75, 3.05) is 45.0 Å². The second-order valence-corrected chi connectivity index (χ2v) is 12.8. The minimum atomic E-state index is -0.806. The number of nitrogens with one attached hydrogen (secondary N) is 2. The average molecular weight is 704 g/mol. The van der Waals surface area contributed by atoms with Gasteiger partial charge in [-0.15, -0.1) is 9.24 Å². The topological polar surface area (TPSA) is 90.9 Å². The molecule has 1 aromatic carbocycles. The van der Waals surface area contributed by atoms with E-state index in [1.165, 1.54) is 51.4 Å². The van der Waals surface area contributed by atoms with Crippen LogP contribution in [0.1, 0.15) is 89.8 Å². The predicted octanol–water partition coefficient (Wildman–Crippen LogP) is 9.13. The van der Waals surface area contributed by atoms with Crippen molar-refractivity contribution in [3.63, 3.8) is 0 Å². The first-order valence-corrected chi connectivity index (χ1v) is 18.3. The van der Waals surface area contributed by atoms with E-state index in [4.69, 9.17) is 5.73 Å². The van der Waals surface area contributed by atoms with Crippen LogP contribution in [0.5, 0.6) is 0 Å². The SMILES string of the molecule is C=Nc1c(F)cc(C(=N/C(=C)Nc2ccc(CC(C)CC)cn2)/C(F)=C\N)cc1CCCNC.CCN1CCC(CC)(CC)CC1.FCP. The fourth-order valence-electron chi connectivity index (χ4n) is 5.73. The quantitative estimate of drug-likeness (QED) is 0.0922. The van der Waals surface area contributed by atoms with Gasteiger partial charge >= 0.3 is 0 Å². The normalized spacial score (nSPS) is 15.3. The molecule has 1 aromatic heterocycles. The standard InChI is InChI=1S/C26H34F2N6.C11H23N.CH4FP/c1-6-17(2)12-19-9-10-24(32-16-19)33-18(3)34-26(23(28)15-29)21-13-20(8-7-11-30-4)25(31-5)22(27)14-21;1-4-11(5-2)7-9-12(6-3)10-8-11;2-1-3/h9-10,13-17,30H,3,5-8,11-12,29H2,1-2,4H3,(H,32,33);4-10H2,1-3H3;1,3H2/b23-15+,34-26-;;. The van der Waals surface area contributed by atoms with E-state index in [1.54, 1.807) is 12.3 Å². The molecule has 1 saturated heterocycles. The Kier molecular flexibility index (Phi) is 21.7. The van der Waals surface area contributed by atoms with Crippen molar-refractivity contribution in [2.45, 2.75) is 86.0 Å². The van der Waals surface area contributed by atoms with E-state index in [1.807, 2.05) is 28.4 Å². The number of hydrogen-bond acceptors (Lipinski definition) is 7. The minimum absolute atomic E-state index is 0.136. The molecule has 0 amide bonds. The second-order valence-electron chi connectivity index (χ2n) is 12.4. The number of rotatable bonds is 16. The fourth-order valence-corrected chi connectivity index (χ4v) is 5.73. The molecule has 2 aromatic rings. The van der Waals surface area contributed by atoms with Gasteiger partial charge in [-0.05, 0) is 113 Å². The summed E-state index contributed by atoms with van der Waals surface area (Å²) in [5, 5.41) is 6.00. The minimum Gasteiger partial charge on any atom is -0.402 e. The van der Waals surface area contributed by atoms with Gasteiger partial charge in [-0.3, -0.25) is 4.99 Å². The highest BCUT2D eigenvalue weighted by Crippen LogP contribution is 2.37. The van der Waals surface area contributed by atoms with E-state index in [9.17, 15) is 13.2 Å². The van der Waals surface area contributed by atoms with Crippen LogP contribution in [-0.2, 0) is 12.8 Å². The van der Waals surface area contributed by atoms with Crippen LogP contribution in [0.2, 0.25) is 0 Å². The zero-order valence-corrected chi connectivity index (χ0v) is 31.9. The monoisotopic (exact) mass is 703 g/mol. The van der Waals surface area contributed by atoms with Crippen LogP contribution in [0.4, 0.5) is 24.7 Å². The van der Waals surface area contributed by atoms with Crippen LogP contribution in [0.3, 0.4) is 0 Å². The number of likely N-dealkylation sites (tertiary alicyclic amines) is 1. The zero-order chi connectivity index (χ0) is 36.8. The number of pyridine rings is 1. The smallest absolute Gasteiger partial charge is 0.164 e. The lowest BCUT2D eigenvalue weighted by atomic mass is 9.74. The third-order valence-corrected chi connectivity index (χ3v) is 9.31. The molecule has 49 heavy (non-hydrogen) atoms. The first-order chi connectivity index (χ1) is 23.5. The molecule has 0 saturated carbocycles. The van der Waals surface area contributed by atoms with Gasteiger partial charge in [0.15, 0.2) is 5.83 Å². The summed E-state index contributed by atoms with van der Waals surface area (Å²) in [6.45, 7) is 23.3. The Morgan fingerprint density at radius 1 is 1.18 bits per heavy atom. The first-order valence-electron chi connectivity index (χ1n) is 17.5. The van der Waals surface area contributed by atoms with Crippen LogP contribution in [0.25, 0.3) is 0 Å². The Balaban J connectivity index is 0.000000662. The van der Waals surface area contributed by atoms with E-state index < -0.39 is 11.6 Å². The van der Waals surface area contributed by atoms with E-state index in [0.29, 0.717) is 29.1 Å². The lowest BCUT2D eigenvalue weighted by Gasteiger charge is -2.40. The molecule has 11 heteroatoms. The summed E-state index contributed by atoms with van der Waals surface area (Å²) in [7, 11) is 3.75. The Morgan fingerprint density at radius 3 is 2.33 bits per heavy atom. The number of anilines is 1. The van der Waals surface area contributed by atoms with Gasteiger partial charge in [-0.2, -0.15) is 0 Å². The fraction of sp³-hybridized carbons (Fsp3) is 0.553. The van der Waals surface area contributed by atoms with Crippen LogP contribution in [0.15, 0.2) is 64.9 Å². The van der Waals surface area contributed by atoms with Gasteiger partial charge in [-0.25, -0.2) is 23.1 Å². The Bertz CT molecular complexity index is 1320. The van der Waals surface area contributed by atoms with Gasteiger partial charge in [0.1, 0.15) is 35.3 Å². The van der Waals surface area contributed by atoms with Crippen LogP contribution < -0.4 is 16.4 Å². The maximum Gasteiger partial charge on any atom is 0.164 e. The third kappa shape index (κ3) is 15.2. The number of piperidine rings is 1. The molecule has 2 heterocycles. The summed E-state index contributed by atoms with van der Waals surface area (Å²) >= 11 is 0. The first kappa shape index (κ1) is 44.0. The molecule has 2 unspecified atom stereocenters. The molecule has 274 valence electrons. The van der Waals surface area contributed by atoms with Gasteiger partial charge in [0.25, 0.3) is 0 Å². The summed E-state index contributed by atoms with van der Waals surface area (Å²) in [5.74, 6) is -0.193. The number of halogens is 3. The maximum absolute atomic E-state index is 14.8. The van der Waals surface area contributed by atoms with Crippen molar-refractivity contribution in [2.24, 2.45) is 27.1 Å². The number of aryl methyl sites for hydroxylation is 1. The van der Waals surface area contributed by atoms with Crippen molar-refractivity contribution in [1.29, 1.82) is 0 Å². The number of benzene rings is 1. The zero-order valence-electron chi connectivity index (χ0n) is 30.7. The molecule has 0 aliphatic carbocycles. The molecule has 2 atom stereocenters. The van der Waals surface area contributed by atoms with Crippen molar-refractivity contribution in [3.8, 4) is 0 Å². The number of aromatic nitrogens is 1. The number of nitrogens with two attached hydrogens (primary N) is 1. The van der Waals surface area contributed by atoms with Crippen molar-refractivity contribution in [1.82, 2.24) is 15.2 Å². The molecular formula is C38H61F3N7P. The van der Waals surface area contributed by atoms with Crippen molar-refractivity contribution < 1.29 is 13.2 Å². The highest BCUT2D eigenvalue weighted by Gasteiger charge is 2.30. The van der Waals surface area contributed by atoms with Crippen LogP contribution in [0, 0.1) is 17.2 Å². The second kappa shape index (κ2) is 24.1. The van der Waals surface area contributed by atoms with Crippen molar-refractivity contribution >= 4 is 33.2 Å². The maximum atomic E-state index is 14.8. The molecule has 1 fully saturated rings. The molecule has 4 N–H and O–H groups in total. The van der Waals surface area contributed by atoms with Gasteiger partial charge in [-0.1, -0.05) is 66.5 Å². The van der Waals surface area contributed by atoms with Gasteiger partial charge in [0, 0.05) is 18.0 Å². The Labute approximate surface area is 296 Å². The number of alkyl halides is 1. The predicted molar refractivity (Wildman–Crippen MR) is 208 cm³/mol. The number of hydrogen-bond donors (Lipinski definition) is 3. The number of nitrogens with zero attached hydrogens (tertiary/aromatic N) is 4. The molecular weight excluding hydrogens is 642 g/mol. The lowest BCUT2D eigenvalue weighted by molar-refractivity contribution is 0.0993.